The van der Waals surface area contributed by atoms with Crippen LogP contribution in [0.25, 0.3) is 0 Å². The molecule has 8 nitrogen and oxygen atoms in total. The van der Waals surface area contributed by atoms with Gasteiger partial charge in [0, 0.05) is 22.6 Å². The number of likely N-dealkylation sites (tertiary alicyclic amines) is 2. The second kappa shape index (κ2) is 14.9. The molecule has 2 saturated heterocycles. The quantitative estimate of drug-likeness (QED) is 0.216. The number of ether oxygens (including phenoxy) is 1. The molecule has 0 atom stereocenters. The molecule has 0 aliphatic carbocycles. The van der Waals surface area contributed by atoms with Gasteiger partial charge in [0.25, 0.3) is 15.9 Å². The van der Waals surface area contributed by atoms with Gasteiger partial charge in [-0.25, -0.2) is 8.42 Å². The topological polar surface area (TPSA) is 91.0 Å². The summed E-state index contributed by atoms with van der Waals surface area (Å²) in [4.78, 5) is 17.9. The molecule has 1 amide bonds. The molecule has 0 spiro atoms. The molecular weight excluding hydrogens is 652 g/mol. The Hall–Kier alpha value is -2.63. The van der Waals surface area contributed by atoms with E-state index in [1.165, 1.54) is 69.5 Å². The van der Waals surface area contributed by atoms with Crippen LogP contribution in [-0.4, -0.2) is 69.4 Å². The molecule has 5 rings (SSSR count). The van der Waals surface area contributed by atoms with Gasteiger partial charge in [-0.05, 0) is 119 Å². The monoisotopic (exact) mass is 688 g/mol. The molecule has 2 fully saturated rings. The van der Waals surface area contributed by atoms with Crippen LogP contribution in [0.4, 0.5) is 5.69 Å². The molecule has 2 heterocycles. The van der Waals surface area contributed by atoms with Crippen molar-refractivity contribution in [2.75, 3.05) is 44.0 Å². The average Bonchev–Trinajstić information content (AvgIpc) is 3.02. The van der Waals surface area contributed by atoms with E-state index in [2.05, 4.69) is 35.8 Å². The van der Waals surface area contributed by atoms with Crippen LogP contribution in [0, 0.1) is 0 Å². The highest BCUT2D eigenvalue weighted by molar-refractivity contribution is 9.10. The Bertz CT molecular complexity index is 1490. The van der Waals surface area contributed by atoms with E-state index in [-0.39, 0.29) is 16.5 Å². The summed E-state index contributed by atoms with van der Waals surface area (Å²) < 4.78 is 35.6. The van der Waals surface area contributed by atoms with E-state index >= 15 is 0 Å². The average molecular weight is 690 g/mol. The maximum absolute atomic E-state index is 13.2. The zero-order chi connectivity index (χ0) is 30.2. The van der Waals surface area contributed by atoms with Crippen LogP contribution in [0.1, 0.15) is 48.9 Å². The van der Waals surface area contributed by atoms with E-state index < -0.39 is 10.0 Å². The lowest BCUT2D eigenvalue weighted by atomic mass is 10.00. The summed E-state index contributed by atoms with van der Waals surface area (Å²) in [6.07, 6.45) is 7.39. The summed E-state index contributed by atoms with van der Waals surface area (Å²) in [6, 6.07) is 18.5. The van der Waals surface area contributed by atoms with Gasteiger partial charge in [-0.1, -0.05) is 46.1 Å². The van der Waals surface area contributed by atoms with Gasteiger partial charge in [-0.15, -0.1) is 0 Å². The maximum atomic E-state index is 13.2. The van der Waals surface area contributed by atoms with Gasteiger partial charge < -0.3 is 19.9 Å². The van der Waals surface area contributed by atoms with E-state index in [0.29, 0.717) is 28.6 Å². The number of para-hydroxylation sites is 2. The van der Waals surface area contributed by atoms with Gasteiger partial charge in [-0.2, -0.15) is 0 Å². The third-order valence-electron chi connectivity index (χ3n) is 8.07. The first-order valence-electron chi connectivity index (χ1n) is 14.9. The lowest BCUT2D eigenvalue weighted by Crippen LogP contribution is -2.47. The highest BCUT2D eigenvalue weighted by Crippen LogP contribution is 2.36. The molecule has 0 bridgehead atoms. The van der Waals surface area contributed by atoms with Crippen LogP contribution < -0.4 is 14.8 Å². The fourth-order valence-electron chi connectivity index (χ4n) is 5.70. The normalized spacial score (nSPS) is 17.0. The minimum Gasteiger partial charge on any atom is -0.454 e. The van der Waals surface area contributed by atoms with Crippen LogP contribution >= 0.6 is 27.5 Å². The zero-order valence-electron chi connectivity index (χ0n) is 24.1. The van der Waals surface area contributed by atoms with Gasteiger partial charge in [0.05, 0.1) is 15.6 Å². The molecular formula is C32H38BrClN4O4S. The fraction of sp³-hybridized carbons (Fsp3) is 0.406. The smallest absolute Gasteiger partial charge is 0.262 e. The summed E-state index contributed by atoms with van der Waals surface area (Å²) >= 11 is 9.63. The van der Waals surface area contributed by atoms with E-state index in [9.17, 15) is 13.2 Å². The van der Waals surface area contributed by atoms with Gasteiger partial charge in [0.1, 0.15) is 5.75 Å². The number of carbonyl (C=O) groups is 1. The summed E-state index contributed by atoms with van der Waals surface area (Å²) in [5, 5.41) is 3.35. The second-order valence-electron chi connectivity index (χ2n) is 11.1. The summed E-state index contributed by atoms with van der Waals surface area (Å²) in [7, 11) is -3.94. The predicted octanol–water partition coefficient (Wildman–Crippen LogP) is 6.77. The molecule has 0 saturated carbocycles. The standard InChI is InChI=1S/C32H38BrClN4O4S/c33-25-11-14-30(28(34)23-25)42-31-8-3-2-7-29(31)36-43(40,41)27-12-9-24(10-13-27)32(39)35-17-6-18-37-21-15-26(16-22-37)38-19-4-1-5-20-38/h2-3,7-14,23,26,36H,1,4-6,15-22H2,(H,35,39). The van der Waals surface area contributed by atoms with Crippen molar-refractivity contribution in [3.05, 3.63) is 81.8 Å². The Balaban J connectivity index is 1.09. The summed E-state index contributed by atoms with van der Waals surface area (Å²) in [5.41, 5.74) is 0.675. The molecule has 3 aromatic rings. The van der Waals surface area contributed by atoms with Gasteiger partial charge in [0.2, 0.25) is 0 Å². The van der Waals surface area contributed by atoms with Crippen molar-refractivity contribution >= 4 is 49.1 Å². The van der Waals surface area contributed by atoms with Crippen LogP contribution in [0.5, 0.6) is 11.5 Å². The number of nitrogens with zero attached hydrogens (tertiary/aromatic N) is 2. The molecule has 11 heteroatoms. The second-order valence-corrected chi connectivity index (χ2v) is 14.1. The van der Waals surface area contributed by atoms with Crippen molar-refractivity contribution in [1.82, 2.24) is 15.1 Å². The van der Waals surface area contributed by atoms with Crippen molar-refractivity contribution in [3.63, 3.8) is 0 Å². The van der Waals surface area contributed by atoms with E-state index in [4.69, 9.17) is 16.3 Å². The van der Waals surface area contributed by atoms with Gasteiger partial charge in [-0.3, -0.25) is 9.52 Å². The molecule has 2 aliphatic heterocycles. The number of piperidine rings is 2. The van der Waals surface area contributed by atoms with Crippen molar-refractivity contribution in [3.8, 4) is 11.5 Å². The first-order chi connectivity index (χ1) is 20.8. The Labute approximate surface area is 267 Å². The number of nitrogens with one attached hydrogen (secondary N) is 2. The Morgan fingerprint density at radius 1 is 0.930 bits per heavy atom. The molecule has 230 valence electrons. The first-order valence-corrected chi connectivity index (χ1v) is 17.5. The molecule has 2 N–H and O–H groups in total. The number of hydrogen-bond donors (Lipinski definition) is 2. The molecule has 2 aliphatic rings. The van der Waals surface area contributed by atoms with Gasteiger partial charge >= 0.3 is 0 Å². The molecule has 0 radical (unpaired) electrons. The Kier molecular flexibility index (Phi) is 11.0. The molecule has 0 aromatic heterocycles. The molecule has 0 unspecified atom stereocenters. The number of sulfonamides is 1. The van der Waals surface area contributed by atoms with Crippen LogP contribution in [0.3, 0.4) is 0 Å². The first kappa shape index (κ1) is 31.8. The van der Waals surface area contributed by atoms with E-state index in [0.717, 1.165) is 36.6 Å². The fourth-order valence-corrected chi connectivity index (χ4v) is 7.49. The third-order valence-corrected chi connectivity index (χ3v) is 10.2. The Morgan fingerprint density at radius 3 is 2.37 bits per heavy atom. The Morgan fingerprint density at radius 2 is 1.65 bits per heavy atom. The largest absolute Gasteiger partial charge is 0.454 e. The SMILES string of the molecule is O=C(NCCCN1CCC(N2CCCCC2)CC1)c1ccc(S(=O)(=O)Nc2ccccc2Oc2ccc(Br)cc2Cl)cc1. The van der Waals surface area contributed by atoms with Crippen LogP contribution in [-0.2, 0) is 10.0 Å². The van der Waals surface area contributed by atoms with E-state index in [1.807, 2.05) is 0 Å². The number of rotatable bonds is 11. The van der Waals surface area contributed by atoms with E-state index in [1.54, 1.807) is 42.5 Å². The number of benzene rings is 3. The van der Waals surface area contributed by atoms with Crippen molar-refractivity contribution in [1.29, 1.82) is 0 Å². The number of amides is 1. The third kappa shape index (κ3) is 8.73. The number of anilines is 1. The van der Waals surface area contributed by atoms with Crippen LogP contribution in [0.2, 0.25) is 5.02 Å². The maximum Gasteiger partial charge on any atom is 0.262 e. The minimum absolute atomic E-state index is 0.0356. The highest BCUT2D eigenvalue weighted by atomic mass is 79.9. The van der Waals surface area contributed by atoms with Crippen molar-refractivity contribution in [2.24, 2.45) is 0 Å². The number of halogens is 2. The van der Waals surface area contributed by atoms with Crippen molar-refractivity contribution in [2.45, 2.75) is 49.5 Å². The predicted molar refractivity (Wildman–Crippen MR) is 175 cm³/mol. The molecule has 43 heavy (non-hydrogen) atoms. The van der Waals surface area contributed by atoms with Crippen molar-refractivity contribution < 1.29 is 17.9 Å². The van der Waals surface area contributed by atoms with Gasteiger partial charge in [0.15, 0.2) is 5.75 Å². The minimum atomic E-state index is -3.94. The molecule has 3 aromatic carbocycles. The highest BCUT2D eigenvalue weighted by Gasteiger charge is 2.25. The number of hydrogen-bond acceptors (Lipinski definition) is 6. The lowest BCUT2D eigenvalue weighted by Gasteiger charge is -2.40. The lowest BCUT2D eigenvalue weighted by molar-refractivity contribution is 0.0902. The zero-order valence-corrected chi connectivity index (χ0v) is 27.3. The summed E-state index contributed by atoms with van der Waals surface area (Å²) in [6.45, 7) is 6.29. The summed E-state index contributed by atoms with van der Waals surface area (Å²) in [5.74, 6) is 0.479. The number of carbonyl (C=O) groups excluding carboxylic acids is 1. The van der Waals surface area contributed by atoms with Crippen LogP contribution in [0.15, 0.2) is 76.1 Å².